The van der Waals surface area contributed by atoms with Crippen molar-refractivity contribution in [1.29, 1.82) is 0 Å². The van der Waals surface area contributed by atoms with Gasteiger partial charge in [0.2, 0.25) is 0 Å². The minimum absolute atomic E-state index is 0.493. The zero-order valence-electron chi connectivity index (χ0n) is 12.1. The van der Waals surface area contributed by atoms with Crippen LogP contribution in [0.4, 0.5) is 0 Å². The van der Waals surface area contributed by atoms with Gasteiger partial charge in [-0.25, -0.2) is 4.98 Å². The van der Waals surface area contributed by atoms with Crippen LogP contribution in [0.15, 0.2) is 6.20 Å². The minimum Gasteiger partial charge on any atom is -0.308 e. The summed E-state index contributed by atoms with van der Waals surface area (Å²) >= 11 is 1.85. The van der Waals surface area contributed by atoms with Crippen molar-refractivity contribution >= 4 is 11.3 Å². The molecule has 1 heterocycles. The molecule has 1 aliphatic rings. The van der Waals surface area contributed by atoms with Gasteiger partial charge in [-0.05, 0) is 37.0 Å². The van der Waals surface area contributed by atoms with Gasteiger partial charge in [-0.1, -0.05) is 27.7 Å². The number of thiazole rings is 1. The van der Waals surface area contributed by atoms with Gasteiger partial charge in [0.25, 0.3) is 0 Å². The fourth-order valence-electron chi connectivity index (χ4n) is 3.33. The molecule has 1 saturated carbocycles. The summed E-state index contributed by atoms with van der Waals surface area (Å²) in [5.41, 5.74) is 0.493. The van der Waals surface area contributed by atoms with Crippen LogP contribution in [0.25, 0.3) is 0 Å². The highest BCUT2D eigenvalue weighted by atomic mass is 32.1. The molecular formula is C15H26N2S. The summed E-state index contributed by atoms with van der Waals surface area (Å²) in [5.74, 6) is 0.841. The predicted octanol–water partition coefficient (Wildman–Crippen LogP) is 4.01. The van der Waals surface area contributed by atoms with Crippen LogP contribution in [0.3, 0.4) is 0 Å². The van der Waals surface area contributed by atoms with Gasteiger partial charge in [0, 0.05) is 23.7 Å². The molecular weight excluding hydrogens is 240 g/mol. The first-order chi connectivity index (χ1) is 8.48. The maximum absolute atomic E-state index is 4.48. The van der Waals surface area contributed by atoms with Gasteiger partial charge in [-0.3, -0.25) is 0 Å². The van der Waals surface area contributed by atoms with Gasteiger partial charge in [-0.15, -0.1) is 11.3 Å². The van der Waals surface area contributed by atoms with Crippen LogP contribution in [0.2, 0.25) is 0 Å². The first-order valence-electron chi connectivity index (χ1n) is 7.15. The average molecular weight is 266 g/mol. The first-order valence-corrected chi connectivity index (χ1v) is 7.97. The Labute approximate surface area is 115 Å². The number of nitrogens with one attached hydrogen (secondary N) is 1. The second kappa shape index (κ2) is 5.70. The van der Waals surface area contributed by atoms with Gasteiger partial charge < -0.3 is 5.32 Å². The highest BCUT2D eigenvalue weighted by molar-refractivity contribution is 7.11. The molecule has 1 aromatic heterocycles. The number of hydrogen-bond acceptors (Lipinski definition) is 3. The van der Waals surface area contributed by atoms with Crippen LogP contribution in [0.1, 0.15) is 56.8 Å². The number of rotatable bonds is 4. The van der Waals surface area contributed by atoms with Crippen molar-refractivity contribution in [2.45, 2.75) is 66.0 Å². The van der Waals surface area contributed by atoms with Gasteiger partial charge in [0.1, 0.15) is 5.01 Å². The van der Waals surface area contributed by atoms with E-state index in [2.05, 4.69) is 38.0 Å². The van der Waals surface area contributed by atoms with Crippen LogP contribution < -0.4 is 5.32 Å². The molecule has 2 nitrogen and oxygen atoms in total. The number of hydrogen-bond donors (Lipinski definition) is 1. The van der Waals surface area contributed by atoms with Crippen LogP contribution in [-0.2, 0) is 13.0 Å². The fraction of sp³-hybridized carbons (Fsp3) is 0.800. The molecule has 18 heavy (non-hydrogen) atoms. The van der Waals surface area contributed by atoms with Crippen LogP contribution in [-0.4, -0.2) is 11.0 Å². The second-order valence-electron chi connectivity index (χ2n) is 6.57. The lowest BCUT2D eigenvalue weighted by Gasteiger charge is -2.39. The highest BCUT2D eigenvalue weighted by Crippen LogP contribution is 2.38. The topological polar surface area (TPSA) is 24.9 Å². The molecule has 0 amide bonds. The standard InChI is InChI=1S/C15H26N2S/c1-5-13-9-17-14(18-13)10-16-12-6-11(2)7-15(3,4)8-12/h9,11-12,16H,5-8,10H2,1-4H3. The molecule has 3 heteroatoms. The van der Waals surface area contributed by atoms with Crippen molar-refractivity contribution in [3.63, 3.8) is 0 Å². The third kappa shape index (κ3) is 3.79. The lowest BCUT2D eigenvalue weighted by Crippen LogP contribution is -2.39. The van der Waals surface area contributed by atoms with Gasteiger partial charge in [0.05, 0.1) is 0 Å². The normalized spacial score (nSPS) is 27.3. The monoisotopic (exact) mass is 266 g/mol. The van der Waals surface area contributed by atoms with Crippen molar-refractivity contribution in [2.24, 2.45) is 11.3 Å². The Bertz CT molecular complexity index is 384. The summed E-state index contributed by atoms with van der Waals surface area (Å²) in [6.45, 7) is 10.3. The summed E-state index contributed by atoms with van der Waals surface area (Å²) < 4.78 is 0. The molecule has 0 saturated heterocycles. The Kier molecular flexibility index (Phi) is 4.44. The van der Waals surface area contributed by atoms with E-state index < -0.39 is 0 Å². The third-order valence-electron chi connectivity index (χ3n) is 3.88. The zero-order chi connectivity index (χ0) is 13.2. The second-order valence-corrected chi connectivity index (χ2v) is 7.76. The number of aromatic nitrogens is 1. The summed E-state index contributed by atoms with van der Waals surface area (Å²) in [6, 6.07) is 0.665. The molecule has 1 fully saturated rings. The van der Waals surface area contributed by atoms with E-state index in [9.17, 15) is 0 Å². The van der Waals surface area contributed by atoms with E-state index in [0.717, 1.165) is 18.9 Å². The van der Waals surface area contributed by atoms with Crippen molar-refractivity contribution in [3.8, 4) is 0 Å². The molecule has 2 unspecified atom stereocenters. The van der Waals surface area contributed by atoms with Crippen molar-refractivity contribution in [3.05, 3.63) is 16.1 Å². The summed E-state index contributed by atoms with van der Waals surface area (Å²) in [4.78, 5) is 5.88. The Morgan fingerprint density at radius 2 is 2.22 bits per heavy atom. The van der Waals surface area contributed by atoms with E-state index in [-0.39, 0.29) is 0 Å². The molecule has 2 atom stereocenters. The van der Waals surface area contributed by atoms with E-state index in [1.807, 2.05) is 17.5 Å². The molecule has 0 radical (unpaired) electrons. The molecule has 102 valence electrons. The fourth-order valence-corrected chi connectivity index (χ4v) is 4.14. The molecule has 0 bridgehead atoms. The molecule has 1 aliphatic carbocycles. The predicted molar refractivity (Wildman–Crippen MR) is 78.9 cm³/mol. The van der Waals surface area contributed by atoms with Crippen molar-refractivity contribution in [1.82, 2.24) is 10.3 Å². The Morgan fingerprint density at radius 3 is 2.83 bits per heavy atom. The third-order valence-corrected chi connectivity index (χ3v) is 5.02. The summed E-state index contributed by atoms with van der Waals surface area (Å²) in [5, 5.41) is 4.95. The Balaban J connectivity index is 1.86. The van der Waals surface area contributed by atoms with Crippen molar-refractivity contribution in [2.75, 3.05) is 0 Å². The van der Waals surface area contributed by atoms with Gasteiger partial charge >= 0.3 is 0 Å². The summed E-state index contributed by atoms with van der Waals surface area (Å²) in [7, 11) is 0. The minimum atomic E-state index is 0.493. The molecule has 0 aromatic carbocycles. The number of nitrogens with zero attached hydrogens (tertiary/aromatic N) is 1. The summed E-state index contributed by atoms with van der Waals surface area (Å²) in [6.07, 6.45) is 7.10. The lowest BCUT2D eigenvalue weighted by atomic mass is 9.70. The van der Waals surface area contributed by atoms with Crippen LogP contribution in [0, 0.1) is 11.3 Å². The maximum atomic E-state index is 4.48. The molecule has 0 aliphatic heterocycles. The van der Waals surface area contributed by atoms with Gasteiger partial charge in [0.15, 0.2) is 0 Å². The van der Waals surface area contributed by atoms with E-state index in [0.29, 0.717) is 11.5 Å². The molecule has 1 N–H and O–H groups in total. The average Bonchev–Trinajstić information content (AvgIpc) is 2.71. The van der Waals surface area contributed by atoms with E-state index in [1.54, 1.807) is 0 Å². The molecule has 0 spiro atoms. The van der Waals surface area contributed by atoms with Crippen molar-refractivity contribution < 1.29 is 0 Å². The smallest absolute Gasteiger partial charge is 0.107 e. The lowest BCUT2D eigenvalue weighted by molar-refractivity contribution is 0.151. The van der Waals surface area contributed by atoms with Crippen LogP contribution in [0.5, 0.6) is 0 Å². The molecule has 2 rings (SSSR count). The number of aryl methyl sites for hydroxylation is 1. The molecule has 1 aromatic rings. The quantitative estimate of drug-likeness (QED) is 0.890. The highest BCUT2D eigenvalue weighted by Gasteiger charge is 2.31. The van der Waals surface area contributed by atoms with E-state index >= 15 is 0 Å². The van der Waals surface area contributed by atoms with Gasteiger partial charge in [-0.2, -0.15) is 0 Å². The SMILES string of the molecule is CCc1cnc(CNC2CC(C)CC(C)(C)C2)s1. The maximum Gasteiger partial charge on any atom is 0.107 e. The van der Waals surface area contributed by atoms with Crippen LogP contribution >= 0.6 is 11.3 Å². The largest absolute Gasteiger partial charge is 0.308 e. The first kappa shape index (κ1) is 14.0. The Morgan fingerprint density at radius 1 is 1.44 bits per heavy atom. The zero-order valence-corrected chi connectivity index (χ0v) is 12.9. The van der Waals surface area contributed by atoms with E-state index in [1.165, 1.54) is 29.1 Å². The Hall–Kier alpha value is -0.410. The van der Waals surface area contributed by atoms with E-state index in [4.69, 9.17) is 0 Å².